The SMILES string of the molecule is OC(c1ccccc1)(c1ncc[nH]1)C(Cl)Cl. The van der Waals surface area contributed by atoms with Crippen molar-refractivity contribution in [1.82, 2.24) is 9.97 Å². The monoisotopic (exact) mass is 256 g/mol. The summed E-state index contributed by atoms with van der Waals surface area (Å²) in [6.45, 7) is 0. The maximum Gasteiger partial charge on any atom is 0.177 e. The Labute approximate surface area is 103 Å². The van der Waals surface area contributed by atoms with Crippen molar-refractivity contribution in [1.29, 1.82) is 0 Å². The number of nitrogens with one attached hydrogen (secondary N) is 1. The van der Waals surface area contributed by atoms with Crippen molar-refractivity contribution in [3.63, 3.8) is 0 Å². The first kappa shape index (κ1) is 11.5. The van der Waals surface area contributed by atoms with Crippen molar-refractivity contribution in [3.05, 3.63) is 54.1 Å². The van der Waals surface area contributed by atoms with E-state index in [1.165, 1.54) is 0 Å². The second-order valence-corrected chi connectivity index (χ2v) is 4.47. The van der Waals surface area contributed by atoms with Crippen LogP contribution >= 0.6 is 23.2 Å². The van der Waals surface area contributed by atoms with Gasteiger partial charge in [-0.15, -0.1) is 23.2 Å². The van der Waals surface area contributed by atoms with Gasteiger partial charge in [0.1, 0.15) is 10.7 Å². The summed E-state index contributed by atoms with van der Waals surface area (Å²) in [5.74, 6) is 0.328. The largest absolute Gasteiger partial charge is 0.375 e. The summed E-state index contributed by atoms with van der Waals surface area (Å²) in [4.78, 5) is 5.83. The van der Waals surface area contributed by atoms with Crippen LogP contribution in [0.15, 0.2) is 42.7 Å². The molecular formula is C11H10Cl2N2O. The van der Waals surface area contributed by atoms with Gasteiger partial charge in [-0.2, -0.15) is 0 Å². The van der Waals surface area contributed by atoms with E-state index in [2.05, 4.69) is 9.97 Å². The zero-order chi connectivity index (χ0) is 11.6. The van der Waals surface area contributed by atoms with Gasteiger partial charge in [0, 0.05) is 12.4 Å². The van der Waals surface area contributed by atoms with E-state index in [9.17, 15) is 5.11 Å². The van der Waals surface area contributed by atoms with Gasteiger partial charge in [0.25, 0.3) is 0 Å². The highest BCUT2D eigenvalue weighted by Gasteiger charge is 2.40. The van der Waals surface area contributed by atoms with Crippen LogP contribution in [0.25, 0.3) is 0 Å². The van der Waals surface area contributed by atoms with E-state index in [0.717, 1.165) is 0 Å². The highest BCUT2D eigenvalue weighted by molar-refractivity contribution is 6.45. The highest BCUT2D eigenvalue weighted by atomic mass is 35.5. The van der Waals surface area contributed by atoms with Gasteiger partial charge < -0.3 is 10.1 Å². The molecule has 2 N–H and O–H groups in total. The smallest absolute Gasteiger partial charge is 0.177 e. The number of imidazole rings is 1. The fourth-order valence-corrected chi connectivity index (χ4v) is 1.99. The van der Waals surface area contributed by atoms with Crippen LogP contribution in [0.2, 0.25) is 0 Å². The number of aromatic amines is 1. The van der Waals surface area contributed by atoms with Crippen LogP contribution in [-0.2, 0) is 5.60 Å². The third kappa shape index (κ3) is 1.82. The lowest BCUT2D eigenvalue weighted by Gasteiger charge is -2.27. The standard InChI is InChI=1S/C11H10Cl2N2O/c12-9(13)11(16,10-14-6-7-15-10)8-4-2-1-3-5-8/h1-7,9,16H,(H,14,15). The summed E-state index contributed by atoms with van der Waals surface area (Å²) in [7, 11) is 0. The molecule has 0 aliphatic carbocycles. The minimum Gasteiger partial charge on any atom is -0.375 e. The Hall–Kier alpha value is -1.03. The lowest BCUT2D eigenvalue weighted by molar-refractivity contribution is 0.0867. The van der Waals surface area contributed by atoms with E-state index in [-0.39, 0.29) is 0 Å². The molecule has 0 spiro atoms. The van der Waals surface area contributed by atoms with Crippen molar-refractivity contribution in [2.24, 2.45) is 0 Å². The molecule has 16 heavy (non-hydrogen) atoms. The minimum absolute atomic E-state index is 0.328. The lowest BCUT2D eigenvalue weighted by atomic mass is 9.95. The molecule has 1 aromatic heterocycles. The summed E-state index contributed by atoms with van der Waals surface area (Å²) in [6, 6.07) is 8.96. The number of hydrogen-bond acceptors (Lipinski definition) is 2. The number of alkyl halides is 2. The quantitative estimate of drug-likeness (QED) is 0.830. The first-order chi connectivity index (χ1) is 7.65. The van der Waals surface area contributed by atoms with Crippen molar-refractivity contribution < 1.29 is 5.11 Å². The van der Waals surface area contributed by atoms with E-state index in [1.54, 1.807) is 36.7 Å². The first-order valence-electron chi connectivity index (χ1n) is 4.71. The molecule has 0 fully saturated rings. The molecule has 0 saturated carbocycles. The Morgan fingerprint density at radius 3 is 2.44 bits per heavy atom. The van der Waals surface area contributed by atoms with Gasteiger partial charge in [-0.25, -0.2) is 4.98 Å². The summed E-state index contributed by atoms with van der Waals surface area (Å²) in [5, 5.41) is 10.6. The molecule has 1 aromatic carbocycles. The van der Waals surface area contributed by atoms with Crippen LogP contribution < -0.4 is 0 Å². The average Bonchev–Trinajstić information content (AvgIpc) is 2.82. The van der Waals surface area contributed by atoms with E-state index in [1.807, 2.05) is 6.07 Å². The third-order valence-corrected chi connectivity index (χ3v) is 3.02. The fraction of sp³-hybridized carbons (Fsp3) is 0.182. The van der Waals surface area contributed by atoms with Crippen LogP contribution in [0, 0.1) is 0 Å². The first-order valence-corrected chi connectivity index (χ1v) is 5.59. The molecular weight excluding hydrogens is 247 g/mol. The molecule has 84 valence electrons. The molecule has 5 heteroatoms. The number of benzene rings is 1. The second kappa shape index (κ2) is 4.45. The summed E-state index contributed by atoms with van der Waals surface area (Å²) in [6.07, 6.45) is 3.15. The molecule has 0 aliphatic heterocycles. The zero-order valence-electron chi connectivity index (χ0n) is 8.27. The average molecular weight is 257 g/mol. The van der Waals surface area contributed by atoms with Gasteiger partial charge in [0.2, 0.25) is 0 Å². The molecule has 1 unspecified atom stereocenters. The van der Waals surface area contributed by atoms with Gasteiger partial charge in [-0.3, -0.25) is 0 Å². The molecule has 1 atom stereocenters. The second-order valence-electron chi connectivity index (χ2n) is 3.37. The summed E-state index contributed by atoms with van der Waals surface area (Å²) in [5.41, 5.74) is -0.923. The Bertz CT molecular complexity index is 444. The third-order valence-electron chi connectivity index (χ3n) is 2.39. The van der Waals surface area contributed by atoms with E-state index >= 15 is 0 Å². The fourth-order valence-electron chi connectivity index (χ4n) is 1.53. The van der Waals surface area contributed by atoms with Crippen LogP contribution in [0.4, 0.5) is 0 Å². The van der Waals surface area contributed by atoms with Gasteiger partial charge >= 0.3 is 0 Å². The zero-order valence-corrected chi connectivity index (χ0v) is 9.78. The molecule has 0 radical (unpaired) electrons. The molecule has 0 amide bonds. The number of H-pyrrole nitrogens is 1. The number of nitrogens with zero attached hydrogens (tertiary/aromatic N) is 1. The van der Waals surface area contributed by atoms with Crippen LogP contribution in [0.5, 0.6) is 0 Å². The number of aromatic nitrogens is 2. The lowest BCUT2D eigenvalue weighted by Crippen LogP contribution is -2.35. The highest BCUT2D eigenvalue weighted by Crippen LogP contribution is 2.35. The molecule has 3 nitrogen and oxygen atoms in total. The van der Waals surface area contributed by atoms with E-state index in [4.69, 9.17) is 23.2 Å². The Morgan fingerprint density at radius 2 is 1.94 bits per heavy atom. The van der Waals surface area contributed by atoms with Crippen molar-refractivity contribution in [2.45, 2.75) is 10.4 Å². The summed E-state index contributed by atoms with van der Waals surface area (Å²) < 4.78 is 0. The molecule has 1 heterocycles. The van der Waals surface area contributed by atoms with Gasteiger partial charge in [0.05, 0.1) is 0 Å². The van der Waals surface area contributed by atoms with Crippen molar-refractivity contribution in [3.8, 4) is 0 Å². The normalized spacial score (nSPS) is 15.0. The Kier molecular flexibility index (Phi) is 3.19. The predicted molar refractivity (Wildman–Crippen MR) is 63.5 cm³/mol. The number of aliphatic hydroxyl groups is 1. The van der Waals surface area contributed by atoms with Crippen molar-refractivity contribution >= 4 is 23.2 Å². The molecule has 0 bridgehead atoms. The van der Waals surface area contributed by atoms with Gasteiger partial charge in [-0.1, -0.05) is 30.3 Å². The number of halogens is 2. The molecule has 0 aliphatic rings. The van der Waals surface area contributed by atoms with Crippen LogP contribution in [0.3, 0.4) is 0 Å². The molecule has 0 saturated heterocycles. The number of hydrogen-bond donors (Lipinski definition) is 2. The van der Waals surface area contributed by atoms with Crippen LogP contribution in [-0.4, -0.2) is 19.9 Å². The number of rotatable bonds is 3. The summed E-state index contributed by atoms with van der Waals surface area (Å²) >= 11 is 11.7. The topological polar surface area (TPSA) is 48.9 Å². The molecule has 2 aromatic rings. The molecule has 2 rings (SSSR count). The van der Waals surface area contributed by atoms with Gasteiger partial charge in [0.15, 0.2) is 5.60 Å². The Morgan fingerprint density at radius 1 is 1.25 bits per heavy atom. The van der Waals surface area contributed by atoms with Crippen LogP contribution in [0.1, 0.15) is 11.4 Å². The van der Waals surface area contributed by atoms with Gasteiger partial charge in [-0.05, 0) is 5.56 Å². The Balaban J connectivity index is 2.53. The minimum atomic E-state index is -1.52. The maximum atomic E-state index is 10.6. The predicted octanol–water partition coefficient (Wildman–Crippen LogP) is 2.45. The van der Waals surface area contributed by atoms with Crippen molar-refractivity contribution in [2.75, 3.05) is 0 Å². The van der Waals surface area contributed by atoms with E-state index < -0.39 is 10.4 Å². The van der Waals surface area contributed by atoms with E-state index in [0.29, 0.717) is 11.4 Å². The maximum absolute atomic E-state index is 10.6.